The first-order valence-electron chi connectivity index (χ1n) is 8.27. The van der Waals surface area contributed by atoms with Crippen molar-refractivity contribution in [1.29, 1.82) is 0 Å². The van der Waals surface area contributed by atoms with Gasteiger partial charge in [0, 0.05) is 16.4 Å². The number of rotatable bonds is 7. The second kappa shape index (κ2) is 9.82. The largest absolute Gasteiger partial charge is 0.484 e. The number of nitrogens with zero attached hydrogens (tertiary/aromatic N) is 2. The molecule has 0 aliphatic heterocycles. The van der Waals surface area contributed by atoms with Crippen molar-refractivity contribution in [2.24, 2.45) is 5.10 Å². The number of nitrogens with one attached hydrogen (secondary N) is 2. The highest BCUT2D eigenvalue weighted by Gasteiger charge is 2.07. The molecule has 2 aromatic rings. The molecule has 0 unspecified atom stereocenters. The van der Waals surface area contributed by atoms with Gasteiger partial charge in [-0.25, -0.2) is 10.4 Å². The number of carbonyl (C=O) groups is 2. The second-order valence-corrected chi connectivity index (χ2v) is 6.88. The van der Waals surface area contributed by atoms with Crippen LogP contribution >= 0.6 is 15.9 Å². The van der Waals surface area contributed by atoms with Crippen LogP contribution in [0.5, 0.6) is 5.75 Å². The van der Waals surface area contributed by atoms with Crippen molar-refractivity contribution in [3.05, 3.63) is 52.1 Å². The summed E-state index contributed by atoms with van der Waals surface area (Å²) < 4.78 is 6.39. The van der Waals surface area contributed by atoms with Gasteiger partial charge in [0.15, 0.2) is 6.61 Å². The van der Waals surface area contributed by atoms with Crippen molar-refractivity contribution >= 4 is 39.3 Å². The Labute approximate surface area is 166 Å². The summed E-state index contributed by atoms with van der Waals surface area (Å²) in [6.07, 6.45) is 1.67. The van der Waals surface area contributed by atoms with Gasteiger partial charge in [0.05, 0.1) is 6.42 Å². The molecule has 0 fully saturated rings. The normalized spacial score (nSPS) is 11.0. The number of hydrazone groups is 1. The van der Waals surface area contributed by atoms with Crippen molar-refractivity contribution in [2.45, 2.75) is 27.2 Å². The average molecular weight is 433 g/mol. The minimum atomic E-state index is -0.407. The molecule has 2 rings (SSSR count). The highest BCUT2D eigenvalue weighted by molar-refractivity contribution is 9.10. The Bertz CT molecular complexity index is 868. The third kappa shape index (κ3) is 7.18. The van der Waals surface area contributed by atoms with E-state index in [0.29, 0.717) is 17.3 Å². The molecule has 8 heteroatoms. The van der Waals surface area contributed by atoms with Gasteiger partial charge in [-0.3, -0.25) is 9.59 Å². The number of aromatic nitrogens is 1. The molecule has 0 aliphatic rings. The van der Waals surface area contributed by atoms with E-state index in [1.165, 1.54) is 0 Å². The summed E-state index contributed by atoms with van der Waals surface area (Å²) in [6.45, 7) is 5.33. The van der Waals surface area contributed by atoms with Crippen LogP contribution in [0.2, 0.25) is 0 Å². The molecular formula is C19H21BrN4O3. The number of hydrogen-bond donors (Lipinski definition) is 2. The number of anilines is 1. The molecule has 1 heterocycles. The van der Waals surface area contributed by atoms with E-state index >= 15 is 0 Å². The van der Waals surface area contributed by atoms with E-state index in [9.17, 15) is 9.59 Å². The van der Waals surface area contributed by atoms with E-state index in [1.54, 1.807) is 25.3 Å². The van der Waals surface area contributed by atoms with Crippen molar-refractivity contribution in [1.82, 2.24) is 10.4 Å². The lowest BCUT2D eigenvalue weighted by atomic mass is 10.2. The first-order valence-corrected chi connectivity index (χ1v) is 9.06. The monoisotopic (exact) mass is 432 g/mol. The van der Waals surface area contributed by atoms with Crippen LogP contribution in [0, 0.1) is 13.8 Å². The van der Waals surface area contributed by atoms with Crippen LogP contribution < -0.4 is 15.5 Å². The summed E-state index contributed by atoms with van der Waals surface area (Å²) in [5, 5.41) is 6.60. The lowest BCUT2D eigenvalue weighted by Gasteiger charge is -2.07. The maximum atomic E-state index is 12.0. The van der Waals surface area contributed by atoms with Crippen molar-refractivity contribution in [3.63, 3.8) is 0 Å². The van der Waals surface area contributed by atoms with Crippen LogP contribution in [0.25, 0.3) is 0 Å². The zero-order valence-corrected chi connectivity index (χ0v) is 17.0. The summed E-state index contributed by atoms with van der Waals surface area (Å²) in [7, 11) is 0. The number of carbonyl (C=O) groups excluding carboxylic acids is 2. The summed E-state index contributed by atoms with van der Waals surface area (Å²) in [5.41, 5.74) is 4.85. The fourth-order valence-electron chi connectivity index (χ4n) is 2.11. The summed E-state index contributed by atoms with van der Waals surface area (Å²) in [5.74, 6) is 0.410. The molecule has 7 nitrogen and oxygen atoms in total. The van der Waals surface area contributed by atoms with Gasteiger partial charge in [-0.2, -0.15) is 5.10 Å². The van der Waals surface area contributed by atoms with E-state index in [1.807, 2.05) is 32.0 Å². The van der Waals surface area contributed by atoms with Gasteiger partial charge in [-0.1, -0.05) is 15.9 Å². The smallest absolute Gasteiger partial charge is 0.277 e. The van der Waals surface area contributed by atoms with E-state index in [0.717, 1.165) is 15.6 Å². The fraction of sp³-hybridized carbons (Fsp3) is 0.263. The molecule has 27 heavy (non-hydrogen) atoms. The Kier molecular flexibility index (Phi) is 7.48. The maximum Gasteiger partial charge on any atom is 0.277 e. The van der Waals surface area contributed by atoms with E-state index in [2.05, 4.69) is 36.8 Å². The van der Waals surface area contributed by atoms with Crippen molar-refractivity contribution < 1.29 is 14.3 Å². The zero-order chi connectivity index (χ0) is 19.8. The van der Waals surface area contributed by atoms with Gasteiger partial charge < -0.3 is 10.1 Å². The van der Waals surface area contributed by atoms with E-state index < -0.39 is 5.91 Å². The lowest BCUT2D eigenvalue weighted by molar-refractivity contribution is -0.123. The molecule has 2 N–H and O–H groups in total. The van der Waals surface area contributed by atoms with Crippen LogP contribution in [0.4, 0.5) is 5.82 Å². The Balaban J connectivity index is 1.77. The first-order chi connectivity index (χ1) is 12.8. The molecule has 0 spiro atoms. The van der Waals surface area contributed by atoms with Crippen molar-refractivity contribution in [3.8, 4) is 5.75 Å². The van der Waals surface area contributed by atoms with E-state index in [4.69, 9.17) is 4.74 Å². The van der Waals surface area contributed by atoms with Crippen LogP contribution in [-0.2, 0) is 9.59 Å². The molecule has 0 atom stereocenters. The quantitative estimate of drug-likeness (QED) is 0.518. The molecule has 0 saturated heterocycles. The average Bonchev–Trinajstić information content (AvgIpc) is 2.61. The van der Waals surface area contributed by atoms with E-state index in [-0.39, 0.29) is 18.9 Å². The third-order valence-electron chi connectivity index (χ3n) is 3.47. The molecular weight excluding hydrogens is 412 g/mol. The van der Waals surface area contributed by atoms with Gasteiger partial charge in [-0.15, -0.1) is 0 Å². The van der Waals surface area contributed by atoms with Gasteiger partial charge in [0.2, 0.25) is 5.91 Å². The minimum absolute atomic E-state index is 0.0443. The number of amides is 2. The fourth-order valence-corrected chi connectivity index (χ4v) is 2.36. The summed E-state index contributed by atoms with van der Waals surface area (Å²) in [4.78, 5) is 27.9. The van der Waals surface area contributed by atoms with Crippen LogP contribution in [-0.4, -0.2) is 29.1 Å². The van der Waals surface area contributed by atoms with Crippen LogP contribution in [0.1, 0.15) is 24.5 Å². The standard InChI is InChI=1S/C19H21BrN4O3/c1-12-6-7-21-17(8-12)22-18(25)10-14(3)23-24-19(26)11-27-15-4-5-16(20)13(2)9-15/h4-9H,10-11H2,1-3H3,(H,24,26)(H,21,22,25). The lowest BCUT2D eigenvalue weighted by Crippen LogP contribution is -2.26. The number of benzene rings is 1. The highest BCUT2D eigenvalue weighted by Crippen LogP contribution is 2.21. The van der Waals surface area contributed by atoms with Gasteiger partial charge in [0.1, 0.15) is 11.6 Å². The minimum Gasteiger partial charge on any atom is -0.484 e. The Morgan fingerprint density at radius 1 is 1.19 bits per heavy atom. The predicted molar refractivity (Wildman–Crippen MR) is 108 cm³/mol. The molecule has 142 valence electrons. The number of aryl methyl sites for hydroxylation is 2. The zero-order valence-electron chi connectivity index (χ0n) is 15.4. The SMILES string of the molecule is CC(CC(=O)Nc1cc(C)ccn1)=NNC(=O)COc1ccc(Br)c(C)c1. The third-order valence-corrected chi connectivity index (χ3v) is 4.36. The Morgan fingerprint density at radius 3 is 2.67 bits per heavy atom. The highest BCUT2D eigenvalue weighted by atomic mass is 79.9. The van der Waals surface area contributed by atoms with Gasteiger partial charge in [0.25, 0.3) is 5.91 Å². The first kappa shape index (κ1) is 20.6. The number of hydrogen-bond acceptors (Lipinski definition) is 5. The maximum absolute atomic E-state index is 12.0. The van der Waals surface area contributed by atoms with Crippen molar-refractivity contribution in [2.75, 3.05) is 11.9 Å². The Hall–Kier alpha value is -2.74. The molecule has 0 saturated carbocycles. The molecule has 0 aliphatic carbocycles. The second-order valence-electron chi connectivity index (χ2n) is 6.03. The molecule has 0 bridgehead atoms. The number of halogens is 1. The predicted octanol–water partition coefficient (Wildman–Crippen LogP) is 3.36. The molecule has 2 amide bonds. The topological polar surface area (TPSA) is 92.7 Å². The summed E-state index contributed by atoms with van der Waals surface area (Å²) in [6, 6.07) is 9.06. The molecule has 0 radical (unpaired) electrons. The van der Waals surface area contributed by atoms with Gasteiger partial charge >= 0.3 is 0 Å². The van der Waals surface area contributed by atoms with Crippen LogP contribution in [0.15, 0.2) is 46.1 Å². The summed E-state index contributed by atoms with van der Waals surface area (Å²) >= 11 is 3.40. The molecule has 1 aromatic carbocycles. The molecule has 1 aromatic heterocycles. The number of pyridine rings is 1. The number of ether oxygens (including phenoxy) is 1. The van der Waals surface area contributed by atoms with Gasteiger partial charge in [-0.05, 0) is 62.2 Å². The Morgan fingerprint density at radius 2 is 1.96 bits per heavy atom. The van der Waals surface area contributed by atoms with Crippen LogP contribution in [0.3, 0.4) is 0 Å².